The minimum absolute atomic E-state index is 0.0716. The molecule has 9 nitrogen and oxygen atoms in total. The highest BCUT2D eigenvalue weighted by Gasteiger charge is 2.48. The average Bonchev–Trinajstić information content (AvgIpc) is 3.59. The van der Waals surface area contributed by atoms with Crippen molar-refractivity contribution in [1.82, 2.24) is 19.1 Å². The molecule has 5 rings (SSSR count). The van der Waals surface area contributed by atoms with Crippen LogP contribution in [0.5, 0.6) is 0 Å². The summed E-state index contributed by atoms with van der Waals surface area (Å²) in [5, 5.41) is 4.35. The third-order valence-electron chi connectivity index (χ3n) is 6.52. The number of thioether (sulfide) groups is 1. The summed E-state index contributed by atoms with van der Waals surface area (Å²) in [6.07, 6.45) is 3.90. The number of benzene rings is 1. The highest BCUT2D eigenvalue weighted by Crippen LogP contribution is 2.37. The van der Waals surface area contributed by atoms with Gasteiger partial charge < -0.3 is 9.64 Å². The van der Waals surface area contributed by atoms with Gasteiger partial charge in [0.1, 0.15) is 5.41 Å². The molecule has 35 heavy (non-hydrogen) atoms. The van der Waals surface area contributed by atoms with E-state index in [2.05, 4.69) is 21.8 Å². The Morgan fingerprint density at radius 2 is 2.09 bits per heavy atom. The fourth-order valence-corrected chi connectivity index (χ4v) is 6.46. The van der Waals surface area contributed by atoms with Crippen LogP contribution < -0.4 is 0 Å². The molecule has 0 unspecified atom stereocenters. The topological polar surface area (TPSA) is 107 Å². The van der Waals surface area contributed by atoms with Gasteiger partial charge in [0.15, 0.2) is 0 Å². The van der Waals surface area contributed by atoms with E-state index < -0.39 is 15.4 Å². The molecular formula is C24H25N5O4S2. The van der Waals surface area contributed by atoms with E-state index in [1.165, 1.54) is 24.0 Å². The summed E-state index contributed by atoms with van der Waals surface area (Å²) in [6, 6.07) is 10.4. The van der Waals surface area contributed by atoms with Crippen LogP contribution in [0.1, 0.15) is 29.1 Å². The van der Waals surface area contributed by atoms with Crippen LogP contribution in [0, 0.1) is 6.92 Å². The Balaban J connectivity index is 1.40. The number of hydrogen-bond acceptors (Lipinski definition) is 8. The Morgan fingerprint density at radius 3 is 2.74 bits per heavy atom. The van der Waals surface area contributed by atoms with Crippen molar-refractivity contribution in [3.8, 4) is 0 Å². The highest BCUT2D eigenvalue weighted by atomic mass is 32.2. The van der Waals surface area contributed by atoms with Gasteiger partial charge >= 0.3 is 0 Å². The molecule has 0 bridgehead atoms. The zero-order valence-corrected chi connectivity index (χ0v) is 21.1. The largest absolute Gasteiger partial charge is 0.380 e. The first-order valence-corrected chi connectivity index (χ1v) is 13.7. The predicted molar refractivity (Wildman–Crippen MR) is 133 cm³/mol. The van der Waals surface area contributed by atoms with Crippen LogP contribution in [0.25, 0.3) is 0 Å². The number of aliphatic imine (C=N–C) groups is 1. The number of ether oxygens (including phenoxy) is 1. The van der Waals surface area contributed by atoms with Crippen LogP contribution in [0.15, 0.2) is 57.4 Å². The summed E-state index contributed by atoms with van der Waals surface area (Å²) >= 11 is 1.40. The minimum atomic E-state index is -3.89. The van der Waals surface area contributed by atoms with Crippen molar-refractivity contribution in [1.29, 1.82) is 0 Å². The average molecular weight is 512 g/mol. The molecular weight excluding hydrogens is 486 g/mol. The Hall–Kier alpha value is -3.02. The first-order chi connectivity index (χ1) is 16.8. The number of hydrogen-bond donors (Lipinski definition) is 0. The van der Waals surface area contributed by atoms with Gasteiger partial charge in [-0.1, -0.05) is 6.07 Å². The maximum atomic E-state index is 13.7. The first kappa shape index (κ1) is 23.7. The number of fused-ring (bicyclic) bond motifs is 1. The molecule has 2 aliphatic rings. The van der Waals surface area contributed by atoms with E-state index in [0.29, 0.717) is 40.6 Å². The summed E-state index contributed by atoms with van der Waals surface area (Å²) in [6.45, 7) is 6.71. The molecule has 2 aliphatic heterocycles. The second kappa shape index (κ2) is 8.89. The molecule has 1 aromatic carbocycles. The number of nitrogens with zero attached hydrogens (tertiary/aromatic N) is 5. The van der Waals surface area contributed by atoms with Gasteiger partial charge in [0.25, 0.3) is 10.0 Å². The van der Waals surface area contributed by atoms with Crippen LogP contribution >= 0.6 is 11.8 Å². The number of rotatable bonds is 6. The Morgan fingerprint density at radius 1 is 1.26 bits per heavy atom. The van der Waals surface area contributed by atoms with E-state index >= 15 is 0 Å². The molecule has 1 fully saturated rings. The van der Waals surface area contributed by atoms with Gasteiger partial charge in [0.2, 0.25) is 5.91 Å². The van der Waals surface area contributed by atoms with Gasteiger partial charge in [-0.25, -0.2) is 0 Å². The van der Waals surface area contributed by atoms with Crippen molar-refractivity contribution >= 4 is 40.1 Å². The fourth-order valence-electron chi connectivity index (χ4n) is 4.61. The number of amides is 1. The predicted octanol–water partition coefficient (Wildman–Crippen LogP) is 3.08. The Labute approximate surface area is 208 Å². The van der Waals surface area contributed by atoms with Crippen molar-refractivity contribution in [2.45, 2.75) is 41.6 Å². The summed E-state index contributed by atoms with van der Waals surface area (Å²) < 4.78 is 33.1. The van der Waals surface area contributed by atoms with Crippen LogP contribution in [-0.4, -0.2) is 59.6 Å². The number of pyridine rings is 1. The summed E-state index contributed by atoms with van der Waals surface area (Å²) in [5.41, 5.74) is 2.62. The van der Waals surface area contributed by atoms with Crippen LogP contribution in [0.2, 0.25) is 0 Å². The Bertz CT molecular complexity index is 1400. The first-order valence-electron chi connectivity index (χ1n) is 11.1. The van der Waals surface area contributed by atoms with Crippen molar-refractivity contribution in [2.24, 2.45) is 4.99 Å². The third-order valence-corrected chi connectivity index (χ3v) is 8.82. The van der Waals surface area contributed by atoms with Crippen LogP contribution in [0.3, 0.4) is 0 Å². The molecule has 182 valence electrons. The van der Waals surface area contributed by atoms with Gasteiger partial charge in [-0.15, -0.1) is 11.8 Å². The van der Waals surface area contributed by atoms with Gasteiger partial charge in [-0.3, -0.25) is 14.8 Å². The molecule has 0 saturated carbocycles. The second-order valence-corrected chi connectivity index (χ2v) is 11.3. The normalized spacial score (nSPS) is 19.7. The van der Waals surface area contributed by atoms with E-state index in [4.69, 9.17) is 4.74 Å². The molecule has 0 spiro atoms. The molecule has 1 saturated heterocycles. The van der Waals surface area contributed by atoms with E-state index in [1.807, 2.05) is 31.4 Å². The molecule has 11 heteroatoms. The number of carbonyl (C=O) groups is 1. The molecule has 0 N–H and O–H groups in total. The van der Waals surface area contributed by atoms with Crippen molar-refractivity contribution in [2.75, 3.05) is 19.5 Å². The quantitative estimate of drug-likeness (QED) is 0.370. The standard InChI is InChI=1S/C24H25N5O4S2/c1-16-5-4-6-22(26-16)24(9-10-33-15-24)23(30)28-12-17-13-29(27-20(17)14-28)35(31,32)18-7-8-19(25-2)21(11-18)34-3/h4-8,11,13H,2,9-10,12,14-15H2,1,3H3/t24-/m0/s1. The highest BCUT2D eigenvalue weighted by molar-refractivity contribution is 7.98. The molecule has 4 heterocycles. The lowest BCUT2D eigenvalue weighted by Crippen LogP contribution is -2.46. The molecule has 3 aromatic rings. The molecule has 1 amide bonds. The van der Waals surface area contributed by atoms with Crippen molar-refractivity contribution in [3.05, 3.63) is 65.2 Å². The summed E-state index contributed by atoms with van der Waals surface area (Å²) in [4.78, 5) is 24.8. The molecule has 1 atom stereocenters. The maximum absolute atomic E-state index is 13.7. The van der Waals surface area contributed by atoms with Gasteiger partial charge in [0, 0.05) is 35.5 Å². The zero-order valence-electron chi connectivity index (χ0n) is 19.5. The number of aryl methyl sites for hydroxylation is 1. The molecule has 2 aromatic heterocycles. The fraction of sp³-hybridized carbons (Fsp3) is 0.333. The number of carbonyl (C=O) groups excluding carboxylic acids is 1. The van der Waals surface area contributed by atoms with E-state index in [1.54, 1.807) is 17.0 Å². The lowest BCUT2D eigenvalue weighted by molar-refractivity contribution is -0.138. The van der Waals surface area contributed by atoms with Gasteiger partial charge in [-0.05, 0) is 56.6 Å². The molecule has 0 radical (unpaired) electrons. The maximum Gasteiger partial charge on any atom is 0.283 e. The SMILES string of the molecule is C=Nc1ccc(S(=O)(=O)n2cc3c(n2)CN(C(=O)[C@@]2(c4cccc(C)n4)CCOC2)C3)cc1SC. The smallest absolute Gasteiger partial charge is 0.283 e. The van der Waals surface area contributed by atoms with Crippen molar-refractivity contribution < 1.29 is 17.9 Å². The van der Waals surface area contributed by atoms with E-state index in [-0.39, 0.29) is 30.5 Å². The Kier molecular flexibility index (Phi) is 6.02. The minimum Gasteiger partial charge on any atom is -0.380 e. The third kappa shape index (κ3) is 3.97. The van der Waals surface area contributed by atoms with Gasteiger partial charge in [-0.2, -0.15) is 17.6 Å². The lowest BCUT2D eigenvalue weighted by atomic mass is 9.81. The number of aromatic nitrogens is 3. The van der Waals surface area contributed by atoms with E-state index in [0.717, 1.165) is 9.78 Å². The lowest BCUT2D eigenvalue weighted by Gasteiger charge is -2.30. The van der Waals surface area contributed by atoms with Crippen molar-refractivity contribution in [3.63, 3.8) is 0 Å². The summed E-state index contributed by atoms with van der Waals surface area (Å²) in [5.74, 6) is -0.0716. The molecule has 0 aliphatic carbocycles. The monoisotopic (exact) mass is 511 g/mol. The summed E-state index contributed by atoms with van der Waals surface area (Å²) in [7, 11) is -3.89. The van der Waals surface area contributed by atoms with Crippen LogP contribution in [-0.2, 0) is 38.1 Å². The second-order valence-electron chi connectivity index (χ2n) is 8.68. The van der Waals surface area contributed by atoms with E-state index in [9.17, 15) is 13.2 Å². The van der Waals surface area contributed by atoms with Crippen LogP contribution in [0.4, 0.5) is 5.69 Å². The van der Waals surface area contributed by atoms with Gasteiger partial charge in [0.05, 0.1) is 35.1 Å². The zero-order chi connectivity index (χ0) is 24.8.